The zero-order valence-electron chi connectivity index (χ0n) is 8.66. The lowest BCUT2D eigenvalue weighted by atomic mass is 10.3. The topological polar surface area (TPSA) is 46.2 Å². The molecule has 1 atom stereocenters. The molecule has 1 aromatic rings. The summed E-state index contributed by atoms with van der Waals surface area (Å²) in [5, 5.41) is 0. The van der Waals surface area contributed by atoms with Crippen LogP contribution in [0.3, 0.4) is 0 Å². The maximum atomic E-state index is 11.7. The van der Waals surface area contributed by atoms with Gasteiger partial charge in [-0.15, -0.1) is 11.3 Å². The Morgan fingerprint density at radius 1 is 1.53 bits per heavy atom. The third kappa shape index (κ3) is 4.22. The van der Waals surface area contributed by atoms with Gasteiger partial charge in [0.2, 0.25) is 10.0 Å². The Hall–Kier alpha value is 0.0900. The molecule has 3 nitrogen and oxygen atoms in total. The summed E-state index contributed by atoms with van der Waals surface area (Å²) in [7, 11) is -3.29. The molecule has 0 spiro atoms. The molecule has 0 amide bonds. The number of hydrogen-bond donors (Lipinski definition) is 1. The van der Waals surface area contributed by atoms with Crippen molar-refractivity contribution in [3.63, 3.8) is 0 Å². The third-order valence-electron chi connectivity index (χ3n) is 1.81. The number of halogens is 1. The number of nitrogens with one attached hydrogen (secondary N) is 1. The summed E-state index contributed by atoms with van der Waals surface area (Å²) < 4.78 is 26.4. The van der Waals surface area contributed by atoms with Gasteiger partial charge < -0.3 is 0 Å². The Labute approximate surface area is 103 Å². The Balaban J connectivity index is 2.60. The summed E-state index contributed by atoms with van der Waals surface area (Å²) in [6.45, 7) is 4.35. The van der Waals surface area contributed by atoms with E-state index in [1.54, 1.807) is 6.07 Å². The molecular weight excluding hydrogens is 298 g/mol. The number of hydrogen-bond acceptors (Lipinski definition) is 3. The van der Waals surface area contributed by atoms with E-state index in [2.05, 4.69) is 20.7 Å². The van der Waals surface area contributed by atoms with E-state index in [4.69, 9.17) is 0 Å². The summed E-state index contributed by atoms with van der Waals surface area (Å²) in [4.78, 5) is 1.33. The Morgan fingerprint density at radius 2 is 2.20 bits per heavy atom. The van der Waals surface area contributed by atoms with Gasteiger partial charge in [0, 0.05) is 16.2 Å². The maximum Gasteiger partial charge on any atom is 0.250 e. The first-order chi connectivity index (χ1) is 6.92. The Bertz CT molecular complexity index is 412. The first-order valence-electron chi connectivity index (χ1n) is 4.62. The summed E-state index contributed by atoms with van der Waals surface area (Å²) in [5.74, 6) is 0. The molecule has 1 unspecified atom stereocenters. The van der Waals surface area contributed by atoms with Crippen molar-refractivity contribution >= 4 is 37.3 Å². The molecule has 0 bridgehead atoms. The van der Waals surface area contributed by atoms with Crippen LogP contribution in [-0.4, -0.2) is 19.8 Å². The van der Waals surface area contributed by atoms with Crippen LogP contribution in [0.15, 0.2) is 16.3 Å². The maximum absolute atomic E-state index is 11.7. The summed E-state index contributed by atoms with van der Waals surface area (Å²) >= 11 is 4.66. The average molecular weight is 312 g/mol. The van der Waals surface area contributed by atoms with Crippen molar-refractivity contribution in [1.82, 2.24) is 4.72 Å². The minimum atomic E-state index is -3.29. The summed E-state index contributed by atoms with van der Waals surface area (Å²) in [6, 6.07) is 3.45. The molecular formula is C9H14BrNO2S2. The average Bonchev–Trinajstić information content (AvgIpc) is 2.51. The van der Waals surface area contributed by atoms with Crippen LogP contribution in [0.5, 0.6) is 0 Å². The van der Waals surface area contributed by atoms with E-state index >= 15 is 0 Å². The molecule has 6 heteroatoms. The smallest absolute Gasteiger partial charge is 0.210 e. The minimum Gasteiger partial charge on any atom is -0.210 e. The molecule has 1 N–H and O–H groups in total. The lowest BCUT2D eigenvalue weighted by Crippen LogP contribution is -2.25. The standard InChI is InChI=1S/C9H14BrNO2S2/c1-7(10)5-6-11-15(12,13)9-4-3-8(2)14-9/h3-4,7,11H,5-6H2,1-2H3. The fourth-order valence-corrected chi connectivity index (χ4v) is 3.62. The van der Waals surface area contributed by atoms with E-state index in [1.165, 1.54) is 11.3 Å². The number of sulfonamides is 1. The number of rotatable bonds is 5. The lowest BCUT2D eigenvalue weighted by Gasteiger charge is -2.05. The van der Waals surface area contributed by atoms with Crippen LogP contribution in [0.2, 0.25) is 0 Å². The van der Waals surface area contributed by atoms with Crippen molar-refractivity contribution in [2.75, 3.05) is 6.54 Å². The van der Waals surface area contributed by atoms with Crippen LogP contribution in [-0.2, 0) is 10.0 Å². The third-order valence-corrected chi connectivity index (χ3v) is 5.23. The number of thiophene rings is 1. The SMILES string of the molecule is Cc1ccc(S(=O)(=O)NCCC(C)Br)s1. The molecule has 0 fully saturated rings. The monoisotopic (exact) mass is 311 g/mol. The number of aryl methyl sites for hydroxylation is 1. The molecule has 1 rings (SSSR count). The molecule has 0 radical (unpaired) electrons. The fraction of sp³-hybridized carbons (Fsp3) is 0.556. The van der Waals surface area contributed by atoms with Crippen LogP contribution in [0.25, 0.3) is 0 Å². The zero-order valence-corrected chi connectivity index (χ0v) is 11.9. The molecule has 15 heavy (non-hydrogen) atoms. The van der Waals surface area contributed by atoms with Gasteiger partial charge in [-0.05, 0) is 25.5 Å². The van der Waals surface area contributed by atoms with E-state index in [0.717, 1.165) is 11.3 Å². The molecule has 0 aliphatic rings. The lowest BCUT2D eigenvalue weighted by molar-refractivity contribution is 0.581. The Morgan fingerprint density at radius 3 is 2.67 bits per heavy atom. The highest BCUT2D eigenvalue weighted by atomic mass is 79.9. The first-order valence-corrected chi connectivity index (χ1v) is 7.83. The van der Waals surface area contributed by atoms with Gasteiger partial charge in [0.25, 0.3) is 0 Å². The van der Waals surface area contributed by atoms with Crippen molar-refractivity contribution in [1.29, 1.82) is 0 Å². The molecule has 0 aliphatic carbocycles. The molecule has 1 heterocycles. The van der Waals surface area contributed by atoms with Crippen LogP contribution < -0.4 is 4.72 Å². The van der Waals surface area contributed by atoms with Gasteiger partial charge in [0.15, 0.2) is 0 Å². The van der Waals surface area contributed by atoms with Crippen LogP contribution >= 0.6 is 27.3 Å². The van der Waals surface area contributed by atoms with E-state index < -0.39 is 10.0 Å². The van der Waals surface area contributed by atoms with Crippen molar-refractivity contribution in [2.24, 2.45) is 0 Å². The van der Waals surface area contributed by atoms with Crippen LogP contribution in [0.4, 0.5) is 0 Å². The van der Waals surface area contributed by atoms with Gasteiger partial charge in [0.05, 0.1) is 0 Å². The minimum absolute atomic E-state index is 0.324. The van der Waals surface area contributed by atoms with E-state index in [9.17, 15) is 8.42 Å². The zero-order chi connectivity index (χ0) is 11.5. The van der Waals surface area contributed by atoms with Crippen molar-refractivity contribution in [3.8, 4) is 0 Å². The van der Waals surface area contributed by atoms with Crippen molar-refractivity contribution < 1.29 is 8.42 Å². The normalized spacial score (nSPS) is 14.1. The first kappa shape index (κ1) is 13.2. The van der Waals surface area contributed by atoms with Crippen molar-refractivity contribution in [2.45, 2.75) is 29.3 Å². The second-order valence-electron chi connectivity index (χ2n) is 3.33. The van der Waals surface area contributed by atoms with Crippen LogP contribution in [0, 0.1) is 6.92 Å². The predicted octanol–water partition coefficient (Wildman–Crippen LogP) is 2.51. The van der Waals surface area contributed by atoms with Crippen LogP contribution in [0.1, 0.15) is 18.2 Å². The molecule has 0 saturated heterocycles. The van der Waals surface area contributed by atoms with Gasteiger partial charge >= 0.3 is 0 Å². The van der Waals surface area contributed by atoms with E-state index in [0.29, 0.717) is 15.6 Å². The molecule has 0 aromatic carbocycles. The predicted molar refractivity (Wildman–Crippen MR) is 67.3 cm³/mol. The molecule has 0 aliphatic heterocycles. The summed E-state index contributed by atoms with van der Waals surface area (Å²) in [5.41, 5.74) is 0. The quantitative estimate of drug-likeness (QED) is 0.849. The largest absolute Gasteiger partial charge is 0.250 e. The van der Waals surface area contributed by atoms with Gasteiger partial charge in [-0.1, -0.05) is 22.9 Å². The highest BCUT2D eigenvalue weighted by Gasteiger charge is 2.15. The number of alkyl halides is 1. The highest BCUT2D eigenvalue weighted by Crippen LogP contribution is 2.20. The van der Waals surface area contributed by atoms with Gasteiger partial charge in [-0.25, -0.2) is 13.1 Å². The van der Waals surface area contributed by atoms with E-state index in [1.807, 2.05) is 19.9 Å². The highest BCUT2D eigenvalue weighted by molar-refractivity contribution is 9.09. The second-order valence-corrected chi connectivity index (χ2v) is 8.18. The molecule has 1 aromatic heterocycles. The van der Waals surface area contributed by atoms with Gasteiger partial charge in [-0.2, -0.15) is 0 Å². The van der Waals surface area contributed by atoms with E-state index in [-0.39, 0.29) is 0 Å². The van der Waals surface area contributed by atoms with Crippen molar-refractivity contribution in [3.05, 3.63) is 17.0 Å². The van der Waals surface area contributed by atoms with Gasteiger partial charge in [0.1, 0.15) is 4.21 Å². The molecule has 0 saturated carbocycles. The second kappa shape index (κ2) is 5.43. The Kier molecular flexibility index (Phi) is 4.76. The summed E-state index contributed by atoms with van der Waals surface area (Å²) in [6.07, 6.45) is 0.781. The van der Waals surface area contributed by atoms with Gasteiger partial charge in [-0.3, -0.25) is 0 Å². The fourth-order valence-electron chi connectivity index (χ4n) is 1.02. The molecule has 86 valence electrons.